The van der Waals surface area contributed by atoms with Crippen LogP contribution < -0.4 is 0 Å². The Morgan fingerprint density at radius 2 is 1.32 bits per heavy atom. The predicted molar refractivity (Wildman–Crippen MR) is 205 cm³/mol. The van der Waals surface area contributed by atoms with E-state index in [4.69, 9.17) is 42.6 Å². The van der Waals surface area contributed by atoms with Gasteiger partial charge in [0.15, 0.2) is 30.0 Å². The van der Waals surface area contributed by atoms with Gasteiger partial charge in [-0.25, -0.2) is 9.59 Å². The molecule has 19 nitrogen and oxygen atoms in total. The molecule has 0 unspecified atom stereocenters. The second-order valence-corrected chi connectivity index (χ2v) is 16.5. The van der Waals surface area contributed by atoms with Crippen molar-refractivity contribution < 1.29 is 86.1 Å². The summed E-state index contributed by atoms with van der Waals surface area (Å²) in [4.78, 5) is 114. The molecule has 13 atom stereocenters. The summed E-state index contributed by atoms with van der Waals surface area (Å²) < 4.78 is 55.5. The highest BCUT2D eigenvalue weighted by Crippen LogP contribution is 2.70. The van der Waals surface area contributed by atoms with Crippen LogP contribution in [-0.4, -0.2) is 124 Å². The maximum Gasteiger partial charge on any atom is 0.340 e. The summed E-state index contributed by atoms with van der Waals surface area (Å²) in [6.07, 6.45) is -10.8. The molecule has 334 valence electrons. The monoisotopic (exact) mass is 867 g/mol. The average Bonchev–Trinajstić information content (AvgIpc) is 3.42. The van der Waals surface area contributed by atoms with Crippen molar-refractivity contribution in [2.75, 3.05) is 13.2 Å². The van der Waals surface area contributed by atoms with E-state index in [9.17, 15) is 43.5 Å². The molecule has 1 aromatic carbocycles. The van der Waals surface area contributed by atoms with E-state index in [1.54, 1.807) is 13.0 Å². The van der Waals surface area contributed by atoms with Crippen molar-refractivity contribution in [1.82, 2.24) is 4.98 Å². The molecule has 62 heavy (non-hydrogen) atoms. The number of rotatable bonds is 8. The van der Waals surface area contributed by atoms with Crippen molar-refractivity contribution >= 4 is 47.8 Å². The third-order valence-corrected chi connectivity index (χ3v) is 12.4. The van der Waals surface area contributed by atoms with Crippen LogP contribution in [0.1, 0.15) is 94.6 Å². The zero-order chi connectivity index (χ0) is 45.7. The first-order chi connectivity index (χ1) is 29.0. The van der Waals surface area contributed by atoms with E-state index in [0.717, 1.165) is 41.5 Å². The summed E-state index contributed by atoms with van der Waals surface area (Å²) in [5.74, 6) is -11.8. The zero-order valence-corrected chi connectivity index (χ0v) is 35.6. The highest BCUT2D eigenvalue weighted by Gasteiger charge is 2.92. The van der Waals surface area contributed by atoms with Gasteiger partial charge in [0.25, 0.3) is 0 Å². The Bertz CT molecular complexity index is 2160. The summed E-state index contributed by atoms with van der Waals surface area (Å²) in [6.45, 7) is 8.69. The van der Waals surface area contributed by atoms with Crippen molar-refractivity contribution in [3.8, 4) is 0 Å². The lowest BCUT2D eigenvalue weighted by Crippen LogP contribution is -2.89. The Morgan fingerprint density at radius 1 is 0.742 bits per heavy atom. The summed E-state index contributed by atoms with van der Waals surface area (Å²) >= 11 is 0. The van der Waals surface area contributed by atoms with E-state index >= 15 is 0 Å². The molecular weight excluding hydrogens is 818 g/mol. The van der Waals surface area contributed by atoms with Crippen LogP contribution in [-0.2, 0) is 71.4 Å². The smallest absolute Gasteiger partial charge is 0.340 e. The fourth-order valence-electron chi connectivity index (χ4n) is 9.83. The van der Waals surface area contributed by atoms with Crippen LogP contribution in [0.15, 0.2) is 48.7 Å². The lowest BCUT2D eigenvalue weighted by Gasteiger charge is -2.67. The number of benzene rings is 1. The van der Waals surface area contributed by atoms with E-state index in [-0.39, 0.29) is 16.8 Å². The molecule has 0 radical (unpaired) electrons. The third kappa shape index (κ3) is 7.43. The van der Waals surface area contributed by atoms with Crippen molar-refractivity contribution in [2.45, 2.75) is 122 Å². The van der Waals surface area contributed by atoms with E-state index < -0.39 is 138 Å². The molecule has 3 fully saturated rings. The first-order valence-electron chi connectivity index (χ1n) is 19.9. The normalized spacial score (nSPS) is 36.0. The number of nitrogens with zero attached hydrogens (tertiary/aromatic N) is 1. The number of carbonyl (C=O) groups excluding carboxylic acids is 8. The largest absolute Gasteiger partial charge is 0.465 e. The van der Waals surface area contributed by atoms with Gasteiger partial charge in [-0.15, -0.1) is 0 Å². The van der Waals surface area contributed by atoms with Gasteiger partial charge in [0.05, 0.1) is 28.7 Å². The van der Waals surface area contributed by atoms with Gasteiger partial charge in [-0.2, -0.15) is 0 Å². The molecule has 2 aliphatic heterocycles. The molecule has 2 aliphatic carbocycles. The SMILES string of the molecule is CC(=O)OC[C@]12[C@H](OC(C)=O)[C@H](OC(C)=O)[C@H]3[C@@H](OC(C)=O)[C@@]14O[C@@]3(C)COC(=O)c1cccnc1[C@@H](C)[C@@H](C)C(=O)O[C@@H]([C@H](OC(C)=O)[C@@H]2OC(=O)c1ccccc1)[C@]4(C)O. The minimum absolute atomic E-state index is 0.0487. The quantitative estimate of drug-likeness (QED) is 0.295. The third-order valence-electron chi connectivity index (χ3n) is 12.4. The predicted octanol–water partition coefficient (Wildman–Crippen LogP) is 2.33. The second kappa shape index (κ2) is 16.7. The minimum atomic E-state index is -2.86. The number of carbonyl (C=O) groups is 8. The van der Waals surface area contributed by atoms with Crippen LogP contribution in [0.3, 0.4) is 0 Å². The van der Waals surface area contributed by atoms with Crippen LogP contribution in [0.5, 0.6) is 0 Å². The second-order valence-electron chi connectivity index (χ2n) is 16.5. The highest BCUT2D eigenvalue weighted by molar-refractivity contribution is 5.91. The lowest BCUT2D eigenvalue weighted by atomic mass is 9.45. The summed E-state index contributed by atoms with van der Waals surface area (Å²) in [6, 6.07) is 10.3. The number of pyridine rings is 1. The molecular formula is C43H49NO18. The molecule has 4 aliphatic rings. The van der Waals surface area contributed by atoms with Crippen LogP contribution in [0.25, 0.3) is 0 Å². The van der Waals surface area contributed by atoms with Gasteiger partial charge in [-0.05, 0) is 38.1 Å². The standard InChI is InChI=1S/C43H49NO18/c1-20-21(2)37(50)60-34-32(57-24(5)47)36(61-38(51)27-14-11-10-12-15-27)42(19-54-22(3)45)35(59-26(7)49)31(56-23(4)46)29-33(58-25(6)48)43(42,41(34,9)53)62-40(29,8)18-55-39(52)28-16-13-17-44-30(20)28/h10-17,20-21,29,31-36,53H,18-19H2,1-9H3/t20-,21+,29-,31+,32-,33+,34-,35+,36-,40-,41-,42+,43-/m0/s1. The fourth-order valence-corrected chi connectivity index (χ4v) is 9.83. The van der Waals surface area contributed by atoms with Crippen LogP contribution in [0, 0.1) is 17.3 Å². The van der Waals surface area contributed by atoms with E-state index in [0.29, 0.717) is 0 Å². The van der Waals surface area contributed by atoms with Gasteiger partial charge in [-0.1, -0.05) is 32.0 Å². The molecule has 2 aromatic rings. The fraction of sp³-hybridized carbons (Fsp3) is 0.558. The maximum absolute atomic E-state index is 14.6. The number of fused-ring (bicyclic) bond motifs is 5. The van der Waals surface area contributed by atoms with E-state index in [1.165, 1.54) is 56.4 Å². The number of esters is 8. The van der Waals surface area contributed by atoms with Crippen molar-refractivity contribution in [3.63, 3.8) is 0 Å². The lowest BCUT2D eigenvalue weighted by molar-refractivity contribution is -0.385. The molecule has 1 spiro atoms. The Balaban J connectivity index is 1.81. The first kappa shape index (κ1) is 45.6. The summed E-state index contributed by atoms with van der Waals surface area (Å²) in [7, 11) is 0. The number of aliphatic hydroxyl groups is 1. The molecule has 2 saturated carbocycles. The maximum atomic E-state index is 14.6. The molecule has 1 N–H and O–H groups in total. The Morgan fingerprint density at radius 3 is 1.92 bits per heavy atom. The Hall–Kier alpha value is -5.95. The van der Waals surface area contributed by atoms with Crippen molar-refractivity contribution in [3.05, 3.63) is 65.5 Å². The van der Waals surface area contributed by atoms with Crippen LogP contribution in [0.4, 0.5) is 0 Å². The molecule has 3 heterocycles. The van der Waals surface area contributed by atoms with E-state index in [1.807, 2.05) is 0 Å². The molecule has 1 saturated heterocycles. The van der Waals surface area contributed by atoms with Crippen LogP contribution >= 0.6 is 0 Å². The topological polar surface area (TPSA) is 253 Å². The zero-order valence-electron chi connectivity index (χ0n) is 35.6. The number of cyclic esters (lactones) is 1. The summed E-state index contributed by atoms with van der Waals surface area (Å²) in [5.41, 5.74) is -10.4. The minimum Gasteiger partial charge on any atom is -0.465 e. The van der Waals surface area contributed by atoms with Gasteiger partial charge in [0, 0.05) is 46.7 Å². The highest BCUT2D eigenvalue weighted by atomic mass is 16.7. The van der Waals surface area contributed by atoms with Crippen LogP contribution in [0.2, 0.25) is 0 Å². The first-order valence-corrected chi connectivity index (χ1v) is 19.9. The average molecular weight is 868 g/mol. The van der Waals surface area contributed by atoms with Gasteiger partial charge in [-0.3, -0.25) is 33.8 Å². The molecule has 0 amide bonds. The molecule has 19 heteroatoms. The van der Waals surface area contributed by atoms with Crippen molar-refractivity contribution in [2.24, 2.45) is 17.3 Å². The molecule has 1 aromatic heterocycles. The number of aromatic nitrogens is 1. The van der Waals surface area contributed by atoms with Gasteiger partial charge < -0.3 is 47.7 Å². The number of hydrogen-bond donors (Lipinski definition) is 1. The number of hydrogen-bond acceptors (Lipinski definition) is 19. The Labute approximate surface area is 355 Å². The van der Waals surface area contributed by atoms with Gasteiger partial charge in [0.1, 0.15) is 42.0 Å². The summed E-state index contributed by atoms with van der Waals surface area (Å²) in [5, 5.41) is 13.6. The van der Waals surface area contributed by atoms with Gasteiger partial charge >= 0.3 is 47.8 Å². The molecule has 6 rings (SSSR count). The Kier molecular flexibility index (Phi) is 12.3. The number of ether oxygens (including phenoxy) is 9. The van der Waals surface area contributed by atoms with Gasteiger partial charge in [0.2, 0.25) is 0 Å². The van der Waals surface area contributed by atoms with E-state index in [2.05, 4.69) is 4.98 Å². The van der Waals surface area contributed by atoms with Crippen molar-refractivity contribution in [1.29, 1.82) is 0 Å². The molecule has 4 bridgehead atoms.